The van der Waals surface area contributed by atoms with Crippen LogP contribution in [0.1, 0.15) is 15.9 Å². The van der Waals surface area contributed by atoms with E-state index < -0.39 is 0 Å². The molecule has 2 N–H and O–H groups in total. The summed E-state index contributed by atoms with van der Waals surface area (Å²) in [5.41, 5.74) is 2.82. The van der Waals surface area contributed by atoms with E-state index in [1.54, 1.807) is 7.05 Å². The summed E-state index contributed by atoms with van der Waals surface area (Å²) in [7, 11) is 1.63. The first-order valence-electron chi connectivity index (χ1n) is 6.10. The molecule has 0 saturated carbocycles. The van der Waals surface area contributed by atoms with E-state index in [1.807, 2.05) is 42.5 Å². The van der Waals surface area contributed by atoms with E-state index in [1.165, 1.54) is 0 Å². The third-order valence-electron chi connectivity index (χ3n) is 2.86. The van der Waals surface area contributed by atoms with Crippen LogP contribution in [0, 0.1) is 0 Å². The molecule has 0 spiro atoms. The van der Waals surface area contributed by atoms with Crippen molar-refractivity contribution in [1.82, 2.24) is 5.32 Å². The van der Waals surface area contributed by atoms with Crippen molar-refractivity contribution in [3.8, 4) is 0 Å². The highest BCUT2D eigenvalue weighted by atomic mass is 79.9. The van der Waals surface area contributed by atoms with Crippen LogP contribution >= 0.6 is 31.9 Å². The highest BCUT2D eigenvalue weighted by Gasteiger charge is 2.03. The van der Waals surface area contributed by atoms with Crippen LogP contribution in [0.3, 0.4) is 0 Å². The molecule has 0 aliphatic rings. The van der Waals surface area contributed by atoms with Gasteiger partial charge in [0.05, 0.1) is 0 Å². The lowest BCUT2D eigenvalue weighted by Crippen LogP contribution is -2.17. The van der Waals surface area contributed by atoms with Crippen LogP contribution in [0.25, 0.3) is 0 Å². The van der Waals surface area contributed by atoms with Gasteiger partial charge in [0.2, 0.25) is 0 Å². The van der Waals surface area contributed by atoms with Crippen LogP contribution < -0.4 is 10.6 Å². The minimum absolute atomic E-state index is 0.0693. The highest BCUT2D eigenvalue weighted by Crippen LogP contribution is 2.26. The molecule has 0 aromatic heterocycles. The Bertz CT molecular complexity index is 612. The largest absolute Gasteiger partial charge is 0.380 e. The van der Waals surface area contributed by atoms with Crippen molar-refractivity contribution in [2.45, 2.75) is 6.54 Å². The Morgan fingerprint density at radius 2 is 1.80 bits per heavy atom. The van der Waals surface area contributed by atoms with E-state index in [4.69, 9.17) is 0 Å². The minimum Gasteiger partial charge on any atom is -0.380 e. The van der Waals surface area contributed by atoms with E-state index >= 15 is 0 Å². The Balaban J connectivity index is 2.02. The molecule has 0 aliphatic carbocycles. The molecule has 2 aromatic rings. The summed E-state index contributed by atoms with van der Waals surface area (Å²) in [4.78, 5) is 11.4. The average Bonchev–Trinajstić information content (AvgIpc) is 2.46. The zero-order valence-electron chi connectivity index (χ0n) is 10.9. The lowest BCUT2D eigenvalue weighted by molar-refractivity contribution is 0.0963. The summed E-state index contributed by atoms with van der Waals surface area (Å²) < 4.78 is 2.04. The molecule has 2 aromatic carbocycles. The van der Waals surface area contributed by atoms with Crippen molar-refractivity contribution in [1.29, 1.82) is 0 Å². The fourth-order valence-electron chi connectivity index (χ4n) is 1.75. The Hall–Kier alpha value is -1.33. The first-order chi connectivity index (χ1) is 9.60. The fourth-order valence-corrected chi connectivity index (χ4v) is 2.94. The molecule has 2 rings (SSSR count). The van der Waals surface area contributed by atoms with Crippen molar-refractivity contribution < 1.29 is 4.79 Å². The number of nitrogens with one attached hydrogen (secondary N) is 2. The maximum absolute atomic E-state index is 11.4. The highest BCUT2D eigenvalue weighted by molar-refractivity contribution is 9.11. The standard InChI is InChI=1S/C15H14Br2N2O/c1-18-15(20)11-4-2-10(3-5-11)9-19-14-7-6-12(16)8-13(14)17/h2-8,19H,9H2,1H3,(H,18,20). The molecule has 3 nitrogen and oxygen atoms in total. The van der Waals surface area contributed by atoms with Crippen molar-refractivity contribution in [3.05, 3.63) is 62.5 Å². The van der Waals surface area contributed by atoms with Gasteiger partial charge in [-0.1, -0.05) is 28.1 Å². The topological polar surface area (TPSA) is 41.1 Å². The average molecular weight is 398 g/mol. The molecule has 0 radical (unpaired) electrons. The molecule has 20 heavy (non-hydrogen) atoms. The maximum Gasteiger partial charge on any atom is 0.251 e. The molecule has 0 atom stereocenters. The van der Waals surface area contributed by atoms with Crippen LogP contribution in [0.2, 0.25) is 0 Å². The molecule has 5 heteroatoms. The first kappa shape index (κ1) is 15.1. The van der Waals surface area contributed by atoms with Gasteiger partial charge in [0.15, 0.2) is 0 Å². The van der Waals surface area contributed by atoms with Gasteiger partial charge in [-0.25, -0.2) is 0 Å². The molecule has 0 heterocycles. The van der Waals surface area contributed by atoms with Gasteiger partial charge in [0.25, 0.3) is 5.91 Å². The van der Waals surface area contributed by atoms with Gasteiger partial charge in [-0.3, -0.25) is 4.79 Å². The van der Waals surface area contributed by atoms with E-state index in [0.29, 0.717) is 12.1 Å². The van der Waals surface area contributed by atoms with Crippen molar-refractivity contribution in [3.63, 3.8) is 0 Å². The predicted octanol–water partition coefficient (Wildman–Crippen LogP) is 4.18. The van der Waals surface area contributed by atoms with E-state index in [-0.39, 0.29) is 5.91 Å². The number of benzene rings is 2. The number of hydrogen-bond donors (Lipinski definition) is 2. The molecule has 0 saturated heterocycles. The second-order valence-electron chi connectivity index (χ2n) is 4.25. The summed E-state index contributed by atoms with van der Waals surface area (Å²) in [5, 5.41) is 5.96. The summed E-state index contributed by atoms with van der Waals surface area (Å²) in [5.74, 6) is -0.0693. The fraction of sp³-hybridized carbons (Fsp3) is 0.133. The summed E-state index contributed by atoms with van der Waals surface area (Å²) in [6, 6.07) is 13.5. The Morgan fingerprint density at radius 1 is 1.10 bits per heavy atom. The number of anilines is 1. The third kappa shape index (κ3) is 3.84. The second-order valence-corrected chi connectivity index (χ2v) is 6.02. The third-order valence-corrected chi connectivity index (χ3v) is 4.01. The van der Waals surface area contributed by atoms with E-state index in [9.17, 15) is 4.79 Å². The van der Waals surface area contributed by atoms with E-state index in [2.05, 4.69) is 42.5 Å². The number of carbonyl (C=O) groups excluding carboxylic acids is 1. The van der Waals surface area contributed by atoms with Gasteiger partial charge in [-0.05, 0) is 51.8 Å². The monoisotopic (exact) mass is 396 g/mol. The molecule has 1 amide bonds. The van der Waals surface area contributed by atoms with Gasteiger partial charge in [0.1, 0.15) is 0 Å². The van der Waals surface area contributed by atoms with Crippen LogP contribution in [0.5, 0.6) is 0 Å². The summed E-state index contributed by atoms with van der Waals surface area (Å²) >= 11 is 6.94. The Labute approximate surface area is 135 Å². The Kier molecular flexibility index (Phi) is 5.20. The van der Waals surface area contributed by atoms with Gasteiger partial charge < -0.3 is 10.6 Å². The Morgan fingerprint density at radius 3 is 2.40 bits per heavy atom. The number of hydrogen-bond acceptors (Lipinski definition) is 2. The van der Waals surface area contributed by atoms with Crippen LogP contribution in [-0.2, 0) is 6.54 Å². The quantitative estimate of drug-likeness (QED) is 0.812. The van der Waals surface area contributed by atoms with Crippen LogP contribution in [-0.4, -0.2) is 13.0 Å². The second kappa shape index (κ2) is 6.90. The summed E-state index contributed by atoms with van der Waals surface area (Å²) in [6.45, 7) is 0.703. The molecular weight excluding hydrogens is 384 g/mol. The zero-order valence-corrected chi connectivity index (χ0v) is 14.1. The lowest BCUT2D eigenvalue weighted by atomic mass is 10.1. The van der Waals surface area contributed by atoms with Gasteiger partial charge in [-0.2, -0.15) is 0 Å². The SMILES string of the molecule is CNC(=O)c1ccc(CNc2ccc(Br)cc2Br)cc1. The normalized spacial score (nSPS) is 10.2. The van der Waals surface area contributed by atoms with E-state index in [0.717, 1.165) is 20.2 Å². The van der Waals surface area contributed by atoms with Crippen molar-refractivity contribution in [2.24, 2.45) is 0 Å². The van der Waals surface area contributed by atoms with Crippen LogP contribution in [0.15, 0.2) is 51.4 Å². The number of halogens is 2. The number of rotatable bonds is 4. The lowest BCUT2D eigenvalue weighted by Gasteiger charge is -2.09. The van der Waals surface area contributed by atoms with Gasteiger partial charge in [-0.15, -0.1) is 0 Å². The molecule has 0 aliphatic heterocycles. The zero-order chi connectivity index (χ0) is 14.5. The van der Waals surface area contributed by atoms with Crippen LogP contribution in [0.4, 0.5) is 5.69 Å². The maximum atomic E-state index is 11.4. The number of carbonyl (C=O) groups is 1. The number of amides is 1. The smallest absolute Gasteiger partial charge is 0.251 e. The molecule has 0 unspecified atom stereocenters. The minimum atomic E-state index is -0.0693. The molecule has 104 valence electrons. The van der Waals surface area contributed by atoms with Crippen molar-refractivity contribution in [2.75, 3.05) is 12.4 Å². The molecule has 0 bridgehead atoms. The predicted molar refractivity (Wildman–Crippen MR) is 89.0 cm³/mol. The molecule has 0 fully saturated rings. The van der Waals surface area contributed by atoms with Gasteiger partial charge in [0, 0.05) is 33.8 Å². The summed E-state index contributed by atoms with van der Waals surface area (Å²) in [6.07, 6.45) is 0. The molecular formula is C15H14Br2N2O. The van der Waals surface area contributed by atoms with Crippen molar-refractivity contribution >= 4 is 43.5 Å². The van der Waals surface area contributed by atoms with Gasteiger partial charge >= 0.3 is 0 Å². The first-order valence-corrected chi connectivity index (χ1v) is 7.68.